The standard InChI is InChI=1S/C24H42N6O/c1-4-29-13-15-30(16-14-29)22-9-8-21(18-26-22)19-27-23(25-3)28-20-24(10-6-7-11-24)12-17-31-5-2/h8-9,18H,4-7,10-17,19-20H2,1-3H3,(H2,25,27,28). The molecular weight excluding hydrogens is 388 g/mol. The number of nitrogens with one attached hydrogen (secondary N) is 2. The van der Waals surface area contributed by atoms with Crippen molar-refractivity contribution in [3.8, 4) is 0 Å². The predicted octanol–water partition coefficient (Wildman–Crippen LogP) is 2.88. The van der Waals surface area contributed by atoms with E-state index in [0.717, 1.165) is 77.2 Å². The van der Waals surface area contributed by atoms with E-state index < -0.39 is 0 Å². The van der Waals surface area contributed by atoms with E-state index in [1.807, 2.05) is 13.2 Å². The highest BCUT2D eigenvalue weighted by atomic mass is 16.5. The molecule has 1 aliphatic heterocycles. The number of hydrogen-bond acceptors (Lipinski definition) is 5. The van der Waals surface area contributed by atoms with Crippen molar-refractivity contribution in [2.24, 2.45) is 10.4 Å². The summed E-state index contributed by atoms with van der Waals surface area (Å²) in [7, 11) is 1.84. The molecular formula is C24H42N6O. The Morgan fingerprint density at radius 2 is 1.90 bits per heavy atom. The first-order valence-electron chi connectivity index (χ1n) is 12.1. The van der Waals surface area contributed by atoms with Gasteiger partial charge in [0.2, 0.25) is 0 Å². The van der Waals surface area contributed by atoms with E-state index in [0.29, 0.717) is 5.41 Å². The molecule has 31 heavy (non-hydrogen) atoms. The third-order valence-electron chi connectivity index (χ3n) is 6.91. The summed E-state index contributed by atoms with van der Waals surface area (Å²) < 4.78 is 5.64. The zero-order valence-electron chi connectivity index (χ0n) is 19.8. The van der Waals surface area contributed by atoms with Gasteiger partial charge in [-0.15, -0.1) is 0 Å². The Labute approximate surface area is 188 Å². The molecule has 1 aromatic heterocycles. The number of pyridine rings is 1. The van der Waals surface area contributed by atoms with Crippen molar-refractivity contribution in [2.75, 3.05) is 64.4 Å². The van der Waals surface area contributed by atoms with E-state index in [1.54, 1.807) is 0 Å². The molecule has 1 saturated carbocycles. The number of aromatic nitrogens is 1. The Morgan fingerprint density at radius 3 is 2.52 bits per heavy atom. The largest absolute Gasteiger partial charge is 0.382 e. The SMILES string of the molecule is CCOCCC1(CNC(=NC)NCc2ccc(N3CCN(CC)CC3)nc2)CCCC1. The second kappa shape index (κ2) is 12.2. The van der Waals surface area contributed by atoms with Crippen LogP contribution in [0.5, 0.6) is 0 Å². The summed E-state index contributed by atoms with van der Waals surface area (Å²) >= 11 is 0. The van der Waals surface area contributed by atoms with Gasteiger partial charge < -0.3 is 25.2 Å². The normalized spacial score (nSPS) is 19.6. The monoisotopic (exact) mass is 430 g/mol. The van der Waals surface area contributed by atoms with Crippen LogP contribution in [-0.4, -0.2) is 75.4 Å². The summed E-state index contributed by atoms with van der Waals surface area (Å²) in [5.74, 6) is 1.95. The van der Waals surface area contributed by atoms with Crippen LogP contribution < -0.4 is 15.5 Å². The molecule has 7 heteroatoms. The van der Waals surface area contributed by atoms with Gasteiger partial charge in [0.15, 0.2) is 5.96 Å². The maximum Gasteiger partial charge on any atom is 0.191 e. The van der Waals surface area contributed by atoms with E-state index in [9.17, 15) is 0 Å². The van der Waals surface area contributed by atoms with Crippen LogP contribution in [0.3, 0.4) is 0 Å². The topological polar surface area (TPSA) is 65.0 Å². The van der Waals surface area contributed by atoms with Gasteiger partial charge in [-0.3, -0.25) is 4.99 Å². The zero-order chi connectivity index (χ0) is 21.9. The van der Waals surface area contributed by atoms with Crippen LogP contribution in [-0.2, 0) is 11.3 Å². The Morgan fingerprint density at radius 1 is 1.13 bits per heavy atom. The number of ether oxygens (including phenoxy) is 1. The molecule has 0 unspecified atom stereocenters. The van der Waals surface area contributed by atoms with Crippen molar-refractivity contribution in [2.45, 2.75) is 52.5 Å². The van der Waals surface area contributed by atoms with Crippen molar-refractivity contribution in [1.29, 1.82) is 0 Å². The maximum atomic E-state index is 5.64. The summed E-state index contributed by atoms with van der Waals surface area (Å²) in [6, 6.07) is 4.32. The van der Waals surface area contributed by atoms with Crippen molar-refractivity contribution in [3.63, 3.8) is 0 Å². The molecule has 1 saturated heterocycles. The predicted molar refractivity (Wildman–Crippen MR) is 129 cm³/mol. The minimum absolute atomic E-state index is 0.345. The number of likely N-dealkylation sites (N-methyl/N-ethyl adjacent to an activating group) is 1. The molecule has 0 aromatic carbocycles. The first-order chi connectivity index (χ1) is 15.2. The van der Waals surface area contributed by atoms with Crippen LogP contribution >= 0.6 is 0 Å². The molecule has 1 aromatic rings. The fourth-order valence-electron chi connectivity index (χ4n) is 4.75. The van der Waals surface area contributed by atoms with Crippen molar-refractivity contribution in [1.82, 2.24) is 20.5 Å². The minimum atomic E-state index is 0.345. The number of aliphatic imine (C=N–C) groups is 1. The maximum absolute atomic E-state index is 5.64. The first kappa shape index (κ1) is 23.8. The van der Waals surface area contributed by atoms with Gasteiger partial charge in [0, 0.05) is 65.7 Å². The van der Waals surface area contributed by atoms with Crippen LogP contribution in [0.25, 0.3) is 0 Å². The highest BCUT2D eigenvalue weighted by Gasteiger charge is 2.33. The van der Waals surface area contributed by atoms with Crippen molar-refractivity contribution >= 4 is 11.8 Å². The molecule has 0 spiro atoms. The Hall–Kier alpha value is -1.86. The van der Waals surface area contributed by atoms with Crippen LogP contribution in [0, 0.1) is 5.41 Å². The lowest BCUT2D eigenvalue weighted by Gasteiger charge is -2.34. The average Bonchev–Trinajstić information content (AvgIpc) is 3.29. The molecule has 0 radical (unpaired) electrons. The molecule has 0 atom stereocenters. The minimum Gasteiger partial charge on any atom is -0.382 e. The third kappa shape index (κ3) is 7.07. The van der Waals surface area contributed by atoms with E-state index >= 15 is 0 Å². The molecule has 174 valence electrons. The lowest BCUT2D eigenvalue weighted by molar-refractivity contribution is 0.105. The number of rotatable bonds is 10. The Kier molecular flexibility index (Phi) is 9.40. The van der Waals surface area contributed by atoms with Gasteiger partial charge in [-0.25, -0.2) is 4.98 Å². The molecule has 7 nitrogen and oxygen atoms in total. The third-order valence-corrected chi connectivity index (χ3v) is 6.91. The van der Waals surface area contributed by atoms with E-state index in [-0.39, 0.29) is 0 Å². The second-order valence-corrected chi connectivity index (χ2v) is 8.88. The number of hydrogen-bond donors (Lipinski definition) is 2. The number of nitrogens with zero attached hydrogens (tertiary/aromatic N) is 4. The molecule has 1 aliphatic carbocycles. The quantitative estimate of drug-likeness (QED) is 0.338. The van der Waals surface area contributed by atoms with Crippen LogP contribution in [0.4, 0.5) is 5.82 Å². The van der Waals surface area contributed by atoms with Crippen LogP contribution in [0.2, 0.25) is 0 Å². The van der Waals surface area contributed by atoms with Gasteiger partial charge in [-0.1, -0.05) is 25.8 Å². The van der Waals surface area contributed by atoms with Gasteiger partial charge in [0.25, 0.3) is 0 Å². The van der Waals surface area contributed by atoms with Gasteiger partial charge >= 0.3 is 0 Å². The van der Waals surface area contributed by atoms with Crippen molar-refractivity contribution in [3.05, 3.63) is 23.9 Å². The Bertz CT molecular complexity index is 663. The molecule has 3 rings (SSSR count). The smallest absolute Gasteiger partial charge is 0.191 e. The summed E-state index contributed by atoms with van der Waals surface area (Å²) in [4.78, 5) is 14.0. The lowest BCUT2D eigenvalue weighted by atomic mass is 9.83. The highest BCUT2D eigenvalue weighted by molar-refractivity contribution is 5.79. The Balaban J connectivity index is 1.45. The van der Waals surface area contributed by atoms with Gasteiger partial charge in [-0.2, -0.15) is 0 Å². The molecule has 2 heterocycles. The summed E-state index contributed by atoms with van der Waals surface area (Å²) in [6.45, 7) is 13.1. The summed E-state index contributed by atoms with van der Waals surface area (Å²) in [6.07, 6.45) is 8.33. The van der Waals surface area contributed by atoms with Crippen LogP contribution in [0.15, 0.2) is 23.3 Å². The van der Waals surface area contributed by atoms with E-state index in [2.05, 4.69) is 51.4 Å². The average molecular weight is 431 g/mol. The fraction of sp³-hybridized carbons (Fsp3) is 0.750. The zero-order valence-corrected chi connectivity index (χ0v) is 19.8. The van der Waals surface area contributed by atoms with E-state index in [4.69, 9.17) is 9.72 Å². The van der Waals surface area contributed by atoms with Gasteiger partial charge in [0.1, 0.15) is 5.82 Å². The summed E-state index contributed by atoms with van der Waals surface area (Å²) in [5, 5.41) is 7.03. The van der Waals surface area contributed by atoms with Gasteiger partial charge in [0.05, 0.1) is 0 Å². The molecule has 2 N–H and O–H groups in total. The number of guanidine groups is 1. The molecule has 0 amide bonds. The van der Waals surface area contributed by atoms with Crippen molar-refractivity contribution < 1.29 is 4.74 Å². The van der Waals surface area contributed by atoms with E-state index in [1.165, 1.54) is 31.2 Å². The molecule has 0 bridgehead atoms. The van der Waals surface area contributed by atoms with Gasteiger partial charge in [-0.05, 0) is 49.8 Å². The number of anilines is 1. The number of piperazine rings is 1. The first-order valence-corrected chi connectivity index (χ1v) is 12.1. The molecule has 2 aliphatic rings. The highest BCUT2D eigenvalue weighted by Crippen LogP contribution is 2.40. The second-order valence-electron chi connectivity index (χ2n) is 8.88. The summed E-state index contributed by atoms with van der Waals surface area (Å²) in [5.41, 5.74) is 1.52. The van der Waals surface area contributed by atoms with Crippen LogP contribution in [0.1, 0.15) is 51.5 Å². The molecule has 2 fully saturated rings. The fourth-order valence-corrected chi connectivity index (χ4v) is 4.75. The lowest BCUT2D eigenvalue weighted by Crippen LogP contribution is -2.46.